The highest BCUT2D eigenvalue weighted by Gasteiger charge is 2.36. The minimum atomic E-state index is -0.259. The van der Waals surface area contributed by atoms with Crippen LogP contribution < -0.4 is 0 Å². The zero-order chi connectivity index (χ0) is 22.8. The fourth-order valence-electron chi connectivity index (χ4n) is 5.00. The van der Waals surface area contributed by atoms with Crippen LogP contribution >= 0.6 is 34.5 Å². The van der Waals surface area contributed by atoms with Crippen LogP contribution in [0.2, 0.25) is 10.0 Å². The standard InChI is InChI=1S/C25H30Cl2N2O2S/c1-16(2)14-28(25(31)17-5-3-4-6-17)15-23(30)29-11-9-22-20(10-12-32-22)24(29)19-8-7-18(26)13-21(19)27/h7-8,10,12-13,16-17,24H,3-6,9,11,14-15H2,1-2H3. The van der Waals surface area contributed by atoms with E-state index in [-0.39, 0.29) is 30.3 Å². The third-order valence-corrected chi connectivity index (χ3v) is 8.03. The molecular formula is C25H30Cl2N2O2S. The Morgan fingerprint density at radius 3 is 2.59 bits per heavy atom. The van der Waals surface area contributed by atoms with Gasteiger partial charge >= 0.3 is 0 Å². The monoisotopic (exact) mass is 492 g/mol. The molecule has 1 aliphatic carbocycles. The van der Waals surface area contributed by atoms with Crippen LogP contribution in [0.5, 0.6) is 0 Å². The maximum absolute atomic E-state index is 13.7. The molecule has 2 amide bonds. The molecule has 1 aliphatic heterocycles. The molecule has 1 atom stereocenters. The molecule has 0 N–H and O–H groups in total. The van der Waals surface area contributed by atoms with Gasteiger partial charge in [0.25, 0.3) is 0 Å². The Morgan fingerprint density at radius 2 is 1.91 bits per heavy atom. The summed E-state index contributed by atoms with van der Waals surface area (Å²) >= 11 is 14.5. The van der Waals surface area contributed by atoms with E-state index >= 15 is 0 Å². The van der Waals surface area contributed by atoms with Gasteiger partial charge < -0.3 is 9.80 Å². The van der Waals surface area contributed by atoms with E-state index in [9.17, 15) is 9.59 Å². The van der Waals surface area contributed by atoms with E-state index in [0.717, 1.165) is 43.2 Å². The number of nitrogens with zero attached hydrogens (tertiary/aromatic N) is 2. The number of hydrogen-bond donors (Lipinski definition) is 0. The highest BCUT2D eigenvalue weighted by atomic mass is 35.5. The predicted molar refractivity (Wildman–Crippen MR) is 131 cm³/mol. The second kappa shape index (κ2) is 10.1. The van der Waals surface area contributed by atoms with E-state index in [1.807, 2.05) is 17.0 Å². The molecule has 1 fully saturated rings. The van der Waals surface area contributed by atoms with Crippen molar-refractivity contribution in [2.75, 3.05) is 19.6 Å². The van der Waals surface area contributed by atoms with Gasteiger partial charge in [-0.15, -0.1) is 11.3 Å². The van der Waals surface area contributed by atoms with Crippen LogP contribution in [0.25, 0.3) is 0 Å². The minimum absolute atomic E-state index is 0.0233. The molecule has 4 nitrogen and oxygen atoms in total. The lowest BCUT2D eigenvalue weighted by atomic mass is 9.93. The summed E-state index contributed by atoms with van der Waals surface area (Å²) in [4.78, 5) is 31.9. The molecule has 0 bridgehead atoms. The largest absolute Gasteiger partial charge is 0.333 e. The lowest BCUT2D eigenvalue weighted by molar-refractivity contribution is -0.144. The first kappa shape index (κ1) is 23.6. The molecule has 0 spiro atoms. The Labute approximate surface area is 204 Å². The molecule has 32 heavy (non-hydrogen) atoms. The van der Waals surface area contributed by atoms with Crippen molar-refractivity contribution >= 4 is 46.4 Å². The van der Waals surface area contributed by atoms with Crippen molar-refractivity contribution < 1.29 is 9.59 Å². The molecule has 2 aliphatic rings. The van der Waals surface area contributed by atoms with Crippen molar-refractivity contribution in [2.45, 2.75) is 52.0 Å². The van der Waals surface area contributed by atoms with Gasteiger partial charge in [-0.2, -0.15) is 0 Å². The van der Waals surface area contributed by atoms with Crippen LogP contribution in [0.3, 0.4) is 0 Å². The van der Waals surface area contributed by atoms with E-state index in [4.69, 9.17) is 23.2 Å². The van der Waals surface area contributed by atoms with Crippen LogP contribution in [0, 0.1) is 11.8 Å². The first-order valence-electron chi connectivity index (χ1n) is 11.4. The number of hydrogen-bond acceptors (Lipinski definition) is 3. The third kappa shape index (κ3) is 5.00. The van der Waals surface area contributed by atoms with E-state index in [1.54, 1.807) is 22.3 Å². The average Bonchev–Trinajstić information content (AvgIpc) is 3.44. The van der Waals surface area contributed by atoms with Crippen LogP contribution in [0.1, 0.15) is 61.6 Å². The summed E-state index contributed by atoms with van der Waals surface area (Å²) in [6, 6.07) is 7.30. The van der Waals surface area contributed by atoms with Gasteiger partial charge in [0.15, 0.2) is 0 Å². The fraction of sp³-hybridized carbons (Fsp3) is 0.520. The maximum Gasteiger partial charge on any atom is 0.242 e. The van der Waals surface area contributed by atoms with Crippen molar-refractivity contribution in [3.05, 3.63) is 55.7 Å². The summed E-state index contributed by atoms with van der Waals surface area (Å²) in [7, 11) is 0. The second-order valence-electron chi connectivity index (χ2n) is 9.30. The summed E-state index contributed by atoms with van der Waals surface area (Å²) in [6.07, 6.45) is 4.90. The van der Waals surface area contributed by atoms with Crippen LogP contribution in [-0.2, 0) is 16.0 Å². The predicted octanol–water partition coefficient (Wildman–Crippen LogP) is 6.20. The van der Waals surface area contributed by atoms with Crippen molar-refractivity contribution in [3.63, 3.8) is 0 Å². The number of halogens is 2. The van der Waals surface area contributed by atoms with Crippen LogP contribution in [0.15, 0.2) is 29.6 Å². The Morgan fingerprint density at radius 1 is 1.16 bits per heavy atom. The van der Waals surface area contributed by atoms with Crippen molar-refractivity contribution in [1.82, 2.24) is 9.80 Å². The number of fused-ring (bicyclic) bond motifs is 1. The Kier molecular flexibility index (Phi) is 7.48. The van der Waals surface area contributed by atoms with Gasteiger partial charge in [-0.25, -0.2) is 0 Å². The van der Waals surface area contributed by atoms with Gasteiger partial charge in [0.05, 0.1) is 12.6 Å². The molecule has 2 heterocycles. The van der Waals surface area contributed by atoms with Gasteiger partial charge in [-0.05, 0) is 59.9 Å². The first-order valence-corrected chi connectivity index (χ1v) is 13.1. The van der Waals surface area contributed by atoms with Crippen molar-refractivity contribution in [3.8, 4) is 0 Å². The number of amides is 2. The van der Waals surface area contributed by atoms with E-state index in [1.165, 1.54) is 4.88 Å². The Balaban J connectivity index is 1.62. The number of carbonyl (C=O) groups excluding carboxylic acids is 2. The van der Waals surface area contributed by atoms with Gasteiger partial charge in [0.2, 0.25) is 11.8 Å². The normalized spacial score (nSPS) is 18.8. The molecule has 7 heteroatoms. The van der Waals surface area contributed by atoms with Gasteiger partial charge in [0, 0.05) is 33.9 Å². The third-order valence-electron chi connectivity index (χ3n) is 6.47. The second-order valence-corrected chi connectivity index (χ2v) is 11.1. The SMILES string of the molecule is CC(C)CN(CC(=O)N1CCc2sccc2C1c1ccc(Cl)cc1Cl)C(=O)C1CCCC1. The molecule has 172 valence electrons. The number of rotatable bonds is 6. The zero-order valence-corrected chi connectivity index (χ0v) is 21.0. The smallest absolute Gasteiger partial charge is 0.242 e. The van der Waals surface area contributed by atoms with Crippen LogP contribution in [0.4, 0.5) is 0 Å². The molecule has 1 unspecified atom stereocenters. The molecule has 0 saturated heterocycles. The number of benzene rings is 1. The molecule has 2 aromatic rings. The van der Waals surface area contributed by atoms with Gasteiger partial charge in [-0.1, -0.05) is 56.0 Å². The topological polar surface area (TPSA) is 40.6 Å². The quantitative estimate of drug-likeness (QED) is 0.481. The molecule has 1 aromatic carbocycles. The molecule has 1 aromatic heterocycles. The van der Waals surface area contributed by atoms with Crippen LogP contribution in [-0.4, -0.2) is 41.2 Å². The van der Waals surface area contributed by atoms with E-state index in [0.29, 0.717) is 29.1 Å². The van der Waals surface area contributed by atoms with E-state index < -0.39 is 0 Å². The highest BCUT2D eigenvalue weighted by Crippen LogP contribution is 2.41. The lowest BCUT2D eigenvalue weighted by Gasteiger charge is -2.38. The summed E-state index contributed by atoms with van der Waals surface area (Å²) < 4.78 is 0. The van der Waals surface area contributed by atoms with Crippen molar-refractivity contribution in [1.29, 1.82) is 0 Å². The number of thiophene rings is 1. The molecule has 0 radical (unpaired) electrons. The number of carbonyl (C=O) groups is 2. The maximum atomic E-state index is 13.7. The highest BCUT2D eigenvalue weighted by molar-refractivity contribution is 7.10. The first-order chi connectivity index (χ1) is 15.3. The summed E-state index contributed by atoms with van der Waals surface area (Å²) in [5, 5.41) is 3.20. The summed E-state index contributed by atoms with van der Waals surface area (Å²) in [5.41, 5.74) is 2.00. The van der Waals surface area contributed by atoms with Gasteiger partial charge in [-0.3, -0.25) is 9.59 Å². The molecular weight excluding hydrogens is 463 g/mol. The molecule has 4 rings (SSSR count). The minimum Gasteiger partial charge on any atom is -0.333 e. The fourth-order valence-corrected chi connectivity index (χ4v) is 6.42. The Hall–Kier alpha value is -1.56. The van der Waals surface area contributed by atoms with E-state index in [2.05, 4.69) is 25.3 Å². The summed E-state index contributed by atoms with van der Waals surface area (Å²) in [5.74, 6) is 0.483. The zero-order valence-electron chi connectivity index (χ0n) is 18.7. The average molecular weight is 494 g/mol. The molecule has 1 saturated carbocycles. The Bertz CT molecular complexity index is 984. The van der Waals surface area contributed by atoms with Crippen molar-refractivity contribution in [2.24, 2.45) is 11.8 Å². The van der Waals surface area contributed by atoms with Gasteiger partial charge in [0.1, 0.15) is 0 Å². The summed E-state index contributed by atoms with van der Waals surface area (Å²) in [6.45, 7) is 5.52. The lowest BCUT2D eigenvalue weighted by Crippen LogP contribution is -2.48.